The van der Waals surface area contributed by atoms with E-state index in [0.717, 1.165) is 12.8 Å². The quantitative estimate of drug-likeness (QED) is 0.766. The second-order valence-electron chi connectivity index (χ2n) is 6.93. The van der Waals surface area contributed by atoms with E-state index < -0.39 is 10.0 Å². The highest BCUT2D eigenvalue weighted by atomic mass is 32.2. The first kappa shape index (κ1) is 19.4. The van der Waals surface area contributed by atoms with Crippen molar-refractivity contribution < 1.29 is 13.2 Å². The molecule has 6 heteroatoms. The average molecular weight is 387 g/mol. The molecular formula is C21H26N2O3S. The van der Waals surface area contributed by atoms with Gasteiger partial charge in [0.2, 0.25) is 5.91 Å². The largest absolute Gasteiger partial charge is 0.326 e. The number of rotatable bonds is 7. The summed E-state index contributed by atoms with van der Waals surface area (Å²) in [4.78, 5) is 12.4. The molecule has 0 unspecified atom stereocenters. The van der Waals surface area contributed by atoms with Crippen LogP contribution in [0.1, 0.15) is 39.0 Å². The van der Waals surface area contributed by atoms with Crippen molar-refractivity contribution in [1.29, 1.82) is 0 Å². The monoisotopic (exact) mass is 386 g/mol. The summed E-state index contributed by atoms with van der Waals surface area (Å²) in [6.07, 6.45) is 5.20. The molecule has 0 bridgehead atoms. The van der Waals surface area contributed by atoms with Crippen molar-refractivity contribution in [3.8, 4) is 0 Å². The number of carbonyl (C=O) groups is 1. The predicted octanol–water partition coefficient (Wildman–Crippen LogP) is 4.42. The fourth-order valence-corrected chi connectivity index (χ4v) is 5.09. The lowest BCUT2D eigenvalue weighted by Crippen LogP contribution is -2.30. The zero-order valence-electron chi connectivity index (χ0n) is 15.6. The molecule has 0 saturated heterocycles. The lowest BCUT2D eigenvalue weighted by Gasteiger charge is -2.23. The maximum Gasteiger partial charge on any atom is 0.264 e. The summed E-state index contributed by atoms with van der Waals surface area (Å²) in [7, 11) is -3.65. The number of carbonyl (C=O) groups excluding carboxylic acids is 1. The Morgan fingerprint density at radius 2 is 1.67 bits per heavy atom. The molecule has 0 heterocycles. The first-order chi connectivity index (χ1) is 13.0. The minimum absolute atomic E-state index is 0.00280. The fraction of sp³-hybridized carbons (Fsp3) is 0.381. The highest BCUT2D eigenvalue weighted by Crippen LogP contribution is 2.28. The van der Waals surface area contributed by atoms with Gasteiger partial charge in [0.1, 0.15) is 0 Å². The van der Waals surface area contributed by atoms with E-state index in [1.54, 1.807) is 36.4 Å². The van der Waals surface area contributed by atoms with Crippen LogP contribution in [0.25, 0.3) is 0 Å². The molecule has 5 nitrogen and oxygen atoms in total. The highest BCUT2D eigenvalue weighted by molar-refractivity contribution is 7.92. The number of hydrogen-bond acceptors (Lipinski definition) is 3. The smallest absolute Gasteiger partial charge is 0.264 e. The molecule has 1 N–H and O–H groups in total. The van der Waals surface area contributed by atoms with Gasteiger partial charge in [0.05, 0.1) is 10.6 Å². The molecule has 0 aromatic heterocycles. The molecule has 0 atom stereocenters. The Morgan fingerprint density at radius 3 is 2.26 bits per heavy atom. The van der Waals surface area contributed by atoms with Crippen LogP contribution in [0.5, 0.6) is 0 Å². The normalized spacial score (nSPS) is 14.9. The molecule has 0 radical (unpaired) electrons. The summed E-state index contributed by atoms with van der Waals surface area (Å²) < 4.78 is 27.3. The molecule has 144 valence electrons. The minimum Gasteiger partial charge on any atom is -0.326 e. The summed E-state index contributed by atoms with van der Waals surface area (Å²) in [5.41, 5.74) is 1.26. The maximum atomic E-state index is 13.0. The number of nitrogens with zero attached hydrogens (tertiary/aromatic N) is 1. The van der Waals surface area contributed by atoms with Crippen molar-refractivity contribution >= 4 is 27.3 Å². The van der Waals surface area contributed by atoms with Crippen LogP contribution in [-0.2, 0) is 14.8 Å². The summed E-state index contributed by atoms with van der Waals surface area (Å²) in [5.74, 6) is 0.477. The van der Waals surface area contributed by atoms with Crippen molar-refractivity contribution in [2.75, 3.05) is 16.2 Å². The summed E-state index contributed by atoms with van der Waals surface area (Å²) in [6, 6.07) is 15.4. The number of anilines is 2. The van der Waals surface area contributed by atoms with Crippen molar-refractivity contribution in [3.63, 3.8) is 0 Å². The Hall–Kier alpha value is -2.34. The van der Waals surface area contributed by atoms with Gasteiger partial charge < -0.3 is 5.32 Å². The Kier molecular flexibility index (Phi) is 6.16. The van der Waals surface area contributed by atoms with Crippen LogP contribution < -0.4 is 9.62 Å². The number of hydrogen-bond donors (Lipinski definition) is 1. The molecule has 0 aliphatic heterocycles. The molecular weight excluding hydrogens is 360 g/mol. The standard InChI is InChI=1S/C21H26N2O3S/c1-2-23(19-10-4-3-5-11-19)27(25,26)20-14-12-18(13-15-20)22-21(24)16-17-8-6-7-9-17/h3-5,10-15,17H,2,6-9,16H2,1H3,(H,22,24). The highest BCUT2D eigenvalue weighted by Gasteiger charge is 2.23. The maximum absolute atomic E-state index is 13.0. The zero-order valence-corrected chi connectivity index (χ0v) is 16.4. The number of para-hydroxylation sites is 1. The molecule has 1 amide bonds. The molecule has 2 aromatic carbocycles. The third kappa shape index (κ3) is 4.69. The Bertz CT molecular complexity index is 858. The van der Waals surface area contributed by atoms with Gasteiger partial charge in [0.15, 0.2) is 0 Å². The second-order valence-corrected chi connectivity index (χ2v) is 8.79. The zero-order chi connectivity index (χ0) is 19.3. The van der Waals surface area contributed by atoms with Crippen LogP contribution in [-0.4, -0.2) is 20.9 Å². The Morgan fingerprint density at radius 1 is 1.04 bits per heavy atom. The van der Waals surface area contributed by atoms with Gasteiger partial charge in [-0.1, -0.05) is 31.0 Å². The number of sulfonamides is 1. The fourth-order valence-electron chi connectivity index (χ4n) is 3.61. The number of nitrogens with one attached hydrogen (secondary N) is 1. The van der Waals surface area contributed by atoms with Crippen LogP contribution >= 0.6 is 0 Å². The van der Waals surface area contributed by atoms with E-state index >= 15 is 0 Å². The third-order valence-electron chi connectivity index (χ3n) is 5.01. The first-order valence-corrected chi connectivity index (χ1v) is 10.9. The van der Waals surface area contributed by atoms with E-state index in [9.17, 15) is 13.2 Å². The van der Waals surface area contributed by atoms with Crippen molar-refractivity contribution in [3.05, 3.63) is 54.6 Å². The molecule has 1 aliphatic rings. The van der Waals surface area contributed by atoms with Crippen LogP contribution in [0.4, 0.5) is 11.4 Å². The van der Waals surface area contributed by atoms with Gasteiger partial charge in [0.25, 0.3) is 10.0 Å². The Balaban J connectivity index is 1.70. The summed E-state index contributed by atoms with van der Waals surface area (Å²) in [5, 5.41) is 2.88. The molecule has 1 saturated carbocycles. The average Bonchev–Trinajstić information content (AvgIpc) is 3.16. The topological polar surface area (TPSA) is 66.5 Å². The minimum atomic E-state index is -3.65. The number of benzene rings is 2. The van der Waals surface area contributed by atoms with E-state index in [2.05, 4.69) is 5.32 Å². The van der Waals surface area contributed by atoms with Crippen LogP contribution in [0.15, 0.2) is 59.5 Å². The van der Waals surface area contributed by atoms with Gasteiger partial charge in [-0.3, -0.25) is 9.10 Å². The molecule has 0 spiro atoms. The van der Waals surface area contributed by atoms with E-state index in [4.69, 9.17) is 0 Å². The molecule has 2 aromatic rings. The van der Waals surface area contributed by atoms with Gasteiger partial charge in [-0.2, -0.15) is 0 Å². The van der Waals surface area contributed by atoms with Crippen LogP contribution in [0, 0.1) is 5.92 Å². The Labute approximate surface area is 161 Å². The van der Waals surface area contributed by atoms with Crippen molar-refractivity contribution in [1.82, 2.24) is 0 Å². The van der Waals surface area contributed by atoms with Gasteiger partial charge in [-0.15, -0.1) is 0 Å². The van der Waals surface area contributed by atoms with Crippen molar-refractivity contribution in [2.45, 2.75) is 43.9 Å². The molecule has 1 aliphatic carbocycles. The molecule has 3 rings (SSSR count). The predicted molar refractivity (Wildman–Crippen MR) is 108 cm³/mol. The van der Waals surface area contributed by atoms with Gasteiger partial charge >= 0.3 is 0 Å². The first-order valence-electron chi connectivity index (χ1n) is 9.48. The van der Waals surface area contributed by atoms with Gasteiger partial charge in [-0.05, 0) is 62.1 Å². The van der Waals surface area contributed by atoms with Crippen LogP contribution in [0.2, 0.25) is 0 Å². The number of amides is 1. The molecule has 1 fully saturated rings. The summed E-state index contributed by atoms with van der Waals surface area (Å²) in [6.45, 7) is 2.15. The van der Waals surface area contributed by atoms with Gasteiger partial charge in [-0.25, -0.2) is 8.42 Å². The van der Waals surface area contributed by atoms with E-state index in [1.807, 2.05) is 25.1 Å². The van der Waals surface area contributed by atoms with Crippen LogP contribution in [0.3, 0.4) is 0 Å². The molecule has 27 heavy (non-hydrogen) atoms. The van der Waals surface area contributed by atoms with E-state index in [0.29, 0.717) is 30.3 Å². The third-order valence-corrected chi connectivity index (χ3v) is 6.92. The second kappa shape index (κ2) is 8.57. The van der Waals surface area contributed by atoms with E-state index in [1.165, 1.54) is 17.1 Å². The van der Waals surface area contributed by atoms with Crippen molar-refractivity contribution in [2.24, 2.45) is 5.92 Å². The lowest BCUT2D eigenvalue weighted by molar-refractivity contribution is -0.117. The van der Waals surface area contributed by atoms with E-state index in [-0.39, 0.29) is 10.8 Å². The lowest BCUT2D eigenvalue weighted by atomic mass is 10.0. The summed E-state index contributed by atoms with van der Waals surface area (Å²) >= 11 is 0. The van der Waals surface area contributed by atoms with Gasteiger partial charge in [0, 0.05) is 18.7 Å². The SMILES string of the molecule is CCN(c1ccccc1)S(=O)(=O)c1ccc(NC(=O)CC2CCCC2)cc1.